The van der Waals surface area contributed by atoms with Crippen LogP contribution in [0.25, 0.3) is 43.6 Å². The van der Waals surface area contributed by atoms with E-state index in [0.29, 0.717) is 32.8 Å². The number of nitrogens with zero attached hydrogens (tertiary/aromatic N) is 6. The van der Waals surface area contributed by atoms with E-state index in [-0.39, 0.29) is 78.3 Å². The maximum atomic E-state index is 11.0. The van der Waals surface area contributed by atoms with Crippen LogP contribution in [-0.4, -0.2) is 94.4 Å². The number of quaternary nitrogens is 4. The Morgan fingerprint density at radius 1 is 0.343 bits per heavy atom. The van der Waals surface area contributed by atoms with Crippen molar-refractivity contribution in [2.75, 3.05) is 59.5 Å². The van der Waals surface area contributed by atoms with Gasteiger partial charge in [-0.05, 0) is 113 Å². The molecule has 0 bridgehead atoms. The van der Waals surface area contributed by atoms with E-state index in [2.05, 4.69) is 68.5 Å². The number of pyridine rings is 4. The summed E-state index contributed by atoms with van der Waals surface area (Å²) in [7, 11) is -41.6. The Morgan fingerprint density at radius 3 is 0.741 bits per heavy atom. The van der Waals surface area contributed by atoms with Gasteiger partial charge in [0, 0.05) is 54.8 Å². The number of aliphatic hydroxyl groups excluding tert-OH is 1. The zero-order valence-electron chi connectivity index (χ0n) is 56.5. The van der Waals surface area contributed by atoms with E-state index in [0.717, 1.165) is 17.9 Å². The maximum absolute atomic E-state index is 11.0. The monoisotopic (exact) mass is 2070 g/mol. The van der Waals surface area contributed by atoms with Crippen LogP contribution in [0.5, 0.6) is 0 Å². The molecule has 622 valence electrons. The molecule has 15 nitrogen and oxygen atoms in total. The molecule has 8 aromatic rings. The summed E-state index contributed by atoms with van der Waals surface area (Å²) < 4.78 is 237. The molecular weight excluding hydrogens is 1990 g/mol. The maximum Gasteiger partial charge on any atom is 2.00 e. The van der Waals surface area contributed by atoms with Crippen molar-refractivity contribution in [1.82, 2.24) is 19.9 Å². The van der Waals surface area contributed by atoms with Crippen molar-refractivity contribution in [3.05, 3.63) is 176 Å². The zero-order valence-corrected chi connectivity index (χ0v) is 66.2. The first-order chi connectivity index (χ1) is 47.1. The molecule has 4 saturated heterocycles. The van der Waals surface area contributed by atoms with Crippen LogP contribution < -0.4 is 44.4 Å². The van der Waals surface area contributed by atoms with E-state index < -0.39 is 41.1 Å². The number of hydrogen-bond donors (Lipinski definition) is 5. The molecular formula is C61H76Cl2F24N10O5P4Pt2. The SMILES string of the molecule is CO.F[P-](F)(F)(F)(F)F.F[P-](F)(F)(F)(F)F.F[P-](F)(F)(F)(F)F.F[P-](F)(F)(F)(F)F.O=[N+]([O-])c1cc2cccnc2c2ncccc12.O=[N+]([O-])c1cc2cccnc2c2ncccc12.[Cl-].[Cl-].[Pt+2].[Pt+2].[c-]1c(C[NH+]2CCCCC2)cccc1C[NH+]1CCCCC1.[c-]1c(C[NH+]2CCCCC2)cccc1C[NH+]1CCCCC1. The van der Waals surface area contributed by atoms with Crippen LogP contribution in [0.1, 0.15) is 99.3 Å². The van der Waals surface area contributed by atoms with Crippen LogP contribution in [0.3, 0.4) is 0 Å². The summed E-state index contributed by atoms with van der Waals surface area (Å²) in [6.45, 7) is 15.6. The zero-order chi connectivity index (χ0) is 78.5. The number of non-ortho nitro benzene ring substituents is 2. The molecule has 0 unspecified atom stereocenters. The van der Waals surface area contributed by atoms with E-state index in [1.807, 2.05) is 0 Å². The molecule has 0 atom stereocenters. The number of rotatable bonds is 10. The van der Waals surface area contributed by atoms with E-state index >= 15 is 0 Å². The first kappa shape index (κ1) is 103. The second-order valence-corrected chi connectivity index (χ2v) is 32.1. The van der Waals surface area contributed by atoms with E-state index in [4.69, 9.17) is 5.11 Å². The number of nitrogens with one attached hydrogen (secondary N) is 4. The fourth-order valence-corrected chi connectivity index (χ4v) is 11.4. The number of nitro groups is 2. The fourth-order valence-electron chi connectivity index (χ4n) is 11.4. The van der Waals surface area contributed by atoms with Gasteiger partial charge in [-0.15, -0.1) is 22.3 Å². The van der Waals surface area contributed by atoms with Crippen molar-refractivity contribution in [1.29, 1.82) is 0 Å². The minimum atomic E-state index is -10.7. The van der Waals surface area contributed by atoms with Gasteiger partial charge in [-0.2, -0.15) is 48.5 Å². The second-order valence-electron chi connectivity index (χ2n) is 24.4. The number of aliphatic hydroxyl groups is 1. The summed E-state index contributed by atoms with van der Waals surface area (Å²) in [5.74, 6) is 0. The van der Waals surface area contributed by atoms with E-state index in [1.165, 1.54) is 190 Å². The van der Waals surface area contributed by atoms with Gasteiger partial charge < -0.3 is 49.5 Å². The third-order valence-electron chi connectivity index (χ3n) is 15.1. The van der Waals surface area contributed by atoms with Gasteiger partial charge in [-0.25, -0.2) is 0 Å². The summed E-state index contributed by atoms with van der Waals surface area (Å²) in [5, 5.41) is 31.5. The average Bonchev–Trinajstić information content (AvgIpc) is 1.70. The van der Waals surface area contributed by atoms with Crippen molar-refractivity contribution in [3.63, 3.8) is 0 Å². The number of nitro benzene ring substituents is 2. The Labute approximate surface area is 644 Å². The third-order valence-corrected chi connectivity index (χ3v) is 15.1. The standard InChI is InChI=1S/2C18H27N2.2C12H7N3O2.CH4O.2ClH.4F6P.2Pt/c2*1-3-10-19(11-4-1)15-17-8-7-9-18(14-17)16-20-12-5-2-6-13-20;2*16-15(17)10-7-8-3-1-5-13-11(8)12-9(10)4-2-6-14-12;1-2;;;4*1-7(2,3,4,5)6;;/h2*7-9H,1-6,10-13,15-16H2;2*1-7H;2H,1H3;2*1H;;;;;;/q2*-1;;;;;;4*-1;2*+2/p+2. The van der Waals surface area contributed by atoms with Crippen LogP contribution in [-0.2, 0) is 68.3 Å². The van der Waals surface area contributed by atoms with Crippen LogP contribution >= 0.6 is 31.2 Å². The van der Waals surface area contributed by atoms with Crippen molar-refractivity contribution in [3.8, 4) is 0 Å². The molecule has 4 fully saturated rings. The largest absolute Gasteiger partial charge is 2.00 e. The smallest absolute Gasteiger partial charge is 1.00 e. The Hall–Kier alpha value is -4.88. The van der Waals surface area contributed by atoms with Crippen molar-refractivity contribution < 1.29 is 202 Å². The average molecular weight is 2070 g/mol. The van der Waals surface area contributed by atoms with Gasteiger partial charge in [-0.3, -0.25) is 40.2 Å². The Bertz CT molecular complexity index is 3730. The van der Waals surface area contributed by atoms with Gasteiger partial charge in [-0.1, -0.05) is 12.1 Å². The van der Waals surface area contributed by atoms with E-state index in [1.54, 1.807) is 92.9 Å². The first-order valence-corrected chi connectivity index (χ1v) is 39.8. The number of halogens is 26. The number of likely N-dealkylation sites (tertiary alicyclic amines) is 4. The molecule has 0 amide bonds. The summed E-state index contributed by atoms with van der Waals surface area (Å²) in [4.78, 5) is 45.1. The fraction of sp³-hybridized carbons (Fsp3) is 0.410. The number of piperidine rings is 4. The molecule has 4 aliphatic heterocycles. The Morgan fingerprint density at radius 2 is 0.537 bits per heavy atom. The molecule has 5 N–H and O–H groups in total. The summed E-state index contributed by atoms with van der Waals surface area (Å²) in [6, 6.07) is 37.9. The van der Waals surface area contributed by atoms with Crippen molar-refractivity contribution in [2.45, 2.75) is 103 Å². The van der Waals surface area contributed by atoms with Gasteiger partial charge in [0.25, 0.3) is 11.4 Å². The molecule has 0 radical (unpaired) electrons. The molecule has 108 heavy (non-hydrogen) atoms. The van der Waals surface area contributed by atoms with Gasteiger partial charge >= 0.3 is 174 Å². The molecule has 0 aliphatic carbocycles. The van der Waals surface area contributed by atoms with Gasteiger partial charge in [0.1, 0.15) is 11.0 Å². The topological polar surface area (TPSA) is 176 Å². The number of fused-ring (bicyclic) bond motifs is 6. The Balaban J connectivity index is 0.00000125. The van der Waals surface area contributed by atoms with Gasteiger partial charge in [0.05, 0.1) is 110 Å². The molecule has 4 aromatic carbocycles. The number of aromatic nitrogens is 4. The van der Waals surface area contributed by atoms with Crippen LogP contribution in [0, 0.1) is 32.4 Å². The minimum absolute atomic E-state index is 0. The van der Waals surface area contributed by atoms with Crippen molar-refractivity contribution >= 4 is 86.2 Å². The number of hydrogen-bond acceptors (Lipinski definition) is 9. The minimum Gasteiger partial charge on any atom is -1.00 e. The second kappa shape index (κ2) is 38.3. The summed E-state index contributed by atoms with van der Waals surface area (Å²) >= 11 is 0. The van der Waals surface area contributed by atoms with Gasteiger partial charge in [0.15, 0.2) is 0 Å². The van der Waals surface area contributed by atoms with E-state index in [9.17, 15) is 121 Å². The van der Waals surface area contributed by atoms with Crippen molar-refractivity contribution in [2.24, 2.45) is 0 Å². The summed E-state index contributed by atoms with van der Waals surface area (Å²) in [6.07, 6.45) is 23.6. The molecule has 4 aromatic heterocycles. The van der Waals surface area contributed by atoms with Gasteiger partial charge in [0.2, 0.25) is 0 Å². The molecule has 0 saturated carbocycles. The summed E-state index contributed by atoms with van der Waals surface area (Å²) in [5.41, 5.74) is 8.34. The predicted molar refractivity (Wildman–Crippen MR) is 353 cm³/mol. The quantitative estimate of drug-likeness (QED) is 0.0223. The van der Waals surface area contributed by atoms with Crippen LogP contribution in [0.15, 0.2) is 122 Å². The Kier molecular flexibility index (Phi) is 36.6. The molecule has 47 heteroatoms. The normalized spacial score (nSPS) is 17.6. The number of benzene rings is 4. The van der Waals surface area contributed by atoms with Crippen LogP contribution in [0.4, 0.5) is 112 Å². The first-order valence-electron chi connectivity index (χ1n) is 31.7. The third kappa shape index (κ3) is 52.4. The van der Waals surface area contributed by atoms with Crippen LogP contribution in [0.2, 0.25) is 0 Å². The molecule has 0 spiro atoms. The molecule has 4 aliphatic rings. The molecule has 12 rings (SSSR count). The predicted octanol–water partition coefficient (Wildman–Crippen LogP) is 13.8. The molecule has 8 heterocycles.